The van der Waals surface area contributed by atoms with Gasteiger partial charge in [0, 0.05) is 31.4 Å². The second-order valence-electron chi connectivity index (χ2n) is 10.6. The molecule has 2 unspecified atom stereocenters. The molecule has 3 aromatic rings. The van der Waals surface area contributed by atoms with Crippen LogP contribution in [0.15, 0.2) is 40.4 Å². The van der Waals surface area contributed by atoms with Crippen LogP contribution in [-0.2, 0) is 0 Å². The summed E-state index contributed by atoms with van der Waals surface area (Å²) in [7, 11) is 2.92. The molecule has 0 spiro atoms. The Morgan fingerprint density at radius 1 is 1.20 bits per heavy atom. The molecular formula is C29H32FN5O5. The molecule has 40 heavy (non-hydrogen) atoms. The molecule has 3 fully saturated rings. The first kappa shape index (κ1) is 26.1. The van der Waals surface area contributed by atoms with Crippen molar-refractivity contribution < 1.29 is 23.8 Å². The zero-order chi connectivity index (χ0) is 28.0. The Bertz CT molecular complexity index is 1550. The number of benzene rings is 2. The Morgan fingerprint density at radius 3 is 2.75 bits per heavy atom. The third kappa shape index (κ3) is 4.64. The second-order valence-corrected chi connectivity index (χ2v) is 10.6. The number of methoxy groups -OCH3 is 2. The average molecular weight is 550 g/mol. The number of anilines is 1. The van der Waals surface area contributed by atoms with E-state index in [0.717, 1.165) is 38.8 Å². The molecule has 3 N–H and O–H groups in total. The first-order valence-electron chi connectivity index (χ1n) is 13.5. The number of amides is 1. The number of carbonyl (C=O) groups is 1. The van der Waals surface area contributed by atoms with Gasteiger partial charge in [-0.1, -0.05) is 0 Å². The summed E-state index contributed by atoms with van der Waals surface area (Å²) in [4.78, 5) is 28.7. The van der Waals surface area contributed by atoms with E-state index < -0.39 is 17.2 Å². The fourth-order valence-corrected chi connectivity index (χ4v) is 5.96. The van der Waals surface area contributed by atoms with E-state index >= 15 is 4.39 Å². The van der Waals surface area contributed by atoms with Gasteiger partial charge < -0.3 is 29.4 Å². The highest BCUT2D eigenvalue weighted by Crippen LogP contribution is 2.45. The van der Waals surface area contributed by atoms with Crippen LogP contribution in [0.5, 0.6) is 17.2 Å². The highest BCUT2D eigenvalue weighted by atomic mass is 19.1. The van der Waals surface area contributed by atoms with Crippen LogP contribution >= 0.6 is 0 Å². The van der Waals surface area contributed by atoms with Gasteiger partial charge in [0.25, 0.3) is 5.91 Å². The molecule has 2 aromatic carbocycles. The van der Waals surface area contributed by atoms with Crippen molar-refractivity contribution in [1.29, 1.82) is 0 Å². The minimum atomic E-state index is -0.707. The zero-order valence-corrected chi connectivity index (χ0v) is 22.4. The lowest BCUT2D eigenvalue weighted by molar-refractivity contribution is 0.0953. The van der Waals surface area contributed by atoms with Gasteiger partial charge >= 0.3 is 0 Å². The number of phenolic OH excluding ortho intramolecular Hbond substituents is 1. The summed E-state index contributed by atoms with van der Waals surface area (Å²) >= 11 is 0. The van der Waals surface area contributed by atoms with Crippen molar-refractivity contribution in [2.45, 2.75) is 37.8 Å². The third-order valence-corrected chi connectivity index (χ3v) is 8.09. The minimum absolute atomic E-state index is 0.0222. The number of fused-ring (bicyclic) bond motifs is 2. The Kier molecular flexibility index (Phi) is 6.83. The summed E-state index contributed by atoms with van der Waals surface area (Å²) in [5.74, 6) is -0.249. The predicted octanol–water partition coefficient (Wildman–Crippen LogP) is 3.15. The van der Waals surface area contributed by atoms with Gasteiger partial charge in [-0.15, -0.1) is 0 Å². The van der Waals surface area contributed by atoms with Crippen LogP contribution in [0.4, 0.5) is 10.1 Å². The lowest BCUT2D eigenvalue weighted by atomic mass is 9.94. The van der Waals surface area contributed by atoms with E-state index in [1.54, 1.807) is 12.1 Å². The third-order valence-electron chi connectivity index (χ3n) is 8.09. The number of aromatic hydroxyl groups is 1. The van der Waals surface area contributed by atoms with Gasteiger partial charge in [0.05, 0.1) is 31.3 Å². The lowest BCUT2D eigenvalue weighted by Gasteiger charge is -2.25. The first-order chi connectivity index (χ1) is 19.4. The highest BCUT2D eigenvalue weighted by Gasteiger charge is 2.38. The Hall–Kier alpha value is -4.12. The van der Waals surface area contributed by atoms with Gasteiger partial charge in [0.2, 0.25) is 5.43 Å². The van der Waals surface area contributed by atoms with Gasteiger partial charge in [-0.3, -0.25) is 9.59 Å². The number of nitrogens with zero attached hydrogens (tertiary/aromatic N) is 3. The number of aromatic nitrogens is 1. The molecule has 1 amide bonds. The maximum Gasteiger partial charge on any atom is 0.276 e. The molecule has 2 atom stereocenters. The number of nitrogens with one attached hydrogen (secondary N) is 2. The largest absolute Gasteiger partial charge is 0.504 e. The van der Waals surface area contributed by atoms with Crippen LogP contribution in [0.25, 0.3) is 10.9 Å². The molecule has 2 saturated heterocycles. The van der Waals surface area contributed by atoms with Crippen molar-refractivity contribution in [3.8, 4) is 17.2 Å². The van der Waals surface area contributed by atoms with E-state index in [2.05, 4.69) is 15.8 Å². The number of hydrogen-bond donors (Lipinski definition) is 3. The number of ether oxygens (including phenoxy) is 2. The van der Waals surface area contributed by atoms with E-state index in [1.165, 1.54) is 38.8 Å². The number of piperidine rings is 1. The van der Waals surface area contributed by atoms with Crippen molar-refractivity contribution in [1.82, 2.24) is 15.3 Å². The fraction of sp³-hybridized carbons (Fsp3) is 0.414. The lowest BCUT2D eigenvalue weighted by Crippen LogP contribution is -2.40. The molecule has 3 heterocycles. The second kappa shape index (κ2) is 10.5. The van der Waals surface area contributed by atoms with E-state index in [0.29, 0.717) is 41.0 Å². The maximum absolute atomic E-state index is 15.8. The molecule has 0 bridgehead atoms. The van der Waals surface area contributed by atoms with E-state index in [4.69, 9.17) is 9.47 Å². The Labute approximate surface area is 230 Å². The smallest absolute Gasteiger partial charge is 0.276 e. The average Bonchev–Trinajstić information content (AvgIpc) is 3.71. The van der Waals surface area contributed by atoms with Crippen molar-refractivity contribution in [2.24, 2.45) is 11.0 Å². The Balaban J connectivity index is 1.36. The summed E-state index contributed by atoms with van der Waals surface area (Å²) in [6, 6.07) is 6.22. The van der Waals surface area contributed by atoms with E-state index in [-0.39, 0.29) is 28.5 Å². The fourth-order valence-electron chi connectivity index (χ4n) is 5.96. The van der Waals surface area contributed by atoms with Gasteiger partial charge in [-0.05, 0) is 68.0 Å². The highest BCUT2D eigenvalue weighted by molar-refractivity contribution is 6.00. The molecule has 0 radical (unpaired) electrons. The molecule has 1 aromatic heterocycles. The summed E-state index contributed by atoms with van der Waals surface area (Å²) < 4.78 is 28.6. The molecule has 10 nitrogen and oxygen atoms in total. The van der Waals surface area contributed by atoms with Gasteiger partial charge in [0.15, 0.2) is 23.1 Å². The number of rotatable bonds is 7. The van der Waals surface area contributed by atoms with Crippen LogP contribution in [0, 0.1) is 11.7 Å². The summed E-state index contributed by atoms with van der Waals surface area (Å²) in [6.07, 6.45) is 6.87. The first-order valence-corrected chi connectivity index (χ1v) is 13.5. The number of hydrogen-bond acceptors (Lipinski definition) is 8. The van der Waals surface area contributed by atoms with Gasteiger partial charge in [0.1, 0.15) is 11.3 Å². The van der Waals surface area contributed by atoms with E-state index in [9.17, 15) is 14.7 Å². The van der Waals surface area contributed by atoms with Crippen LogP contribution in [0.1, 0.15) is 47.6 Å². The quantitative estimate of drug-likeness (QED) is 0.306. The Morgan fingerprint density at radius 2 is 2.02 bits per heavy atom. The van der Waals surface area contributed by atoms with Crippen LogP contribution in [0.2, 0.25) is 0 Å². The molecule has 2 aliphatic heterocycles. The molecule has 6 rings (SSSR count). The predicted molar refractivity (Wildman–Crippen MR) is 149 cm³/mol. The van der Waals surface area contributed by atoms with Gasteiger partial charge in [-0.25, -0.2) is 9.82 Å². The SMILES string of the molecule is COc1cc(/C=N/NC(=O)c2cn(C3CC3)c3c(OC)c(N4CC5CCCNC5C4)c(F)cc3c2=O)ccc1O. The molecule has 1 saturated carbocycles. The minimum Gasteiger partial charge on any atom is -0.504 e. The molecular weight excluding hydrogens is 517 g/mol. The molecule has 210 valence electrons. The molecule has 1 aliphatic carbocycles. The molecule has 3 aliphatic rings. The summed E-state index contributed by atoms with van der Waals surface area (Å²) in [5.41, 5.74) is 3.11. The van der Waals surface area contributed by atoms with Gasteiger partial charge in [-0.2, -0.15) is 5.10 Å². The summed E-state index contributed by atoms with van der Waals surface area (Å²) in [6.45, 7) is 2.35. The van der Waals surface area contributed by atoms with Crippen LogP contribution in [-0.4, -0.2) is 61.7 Å². The van der Waals surface area contributed by atoms with Crippen molar-refractivity contribution in [2.75, 3.05) is 38.8 Å². The maximum atomic E-state index is 15.8. The van der Waals surface area contributed by atoms with Crippen LogP contribution in [0.3, 0.4) is 0 Å². The molecule has 11 heteroatoms. The topological polar surface area (TPSA) is 117 Å². The number of phenols is 1. The van der Waals surface area contributed by atoms with Crippen molar-refractivity contribution in [3.63, 3.8) is 0 Å². The number of pyridine rings is 1. The van der Waals surface area contributed by atoms with Crippen LogP contribution < -0.4 is 30.5 Å². The number of carbonyl (C=O) groups excluding carboxylic acids is 1. The van der Waals surface area contributed by atoms with E-state index in [1.807, 2.05) is 9.47 Å². The summed E-state index contributed by atoms with van der Waals surface area (Å²) in [5, 5.41) is 17.4. The standard InChI is InChI=1S/C29H32FN5O5/c1-39-24-10-16(5-8-23(24)36)12-32-33-29(38)20-14-35(18-6-7-18)25-19(27(20)37)11-21(30)26(28(25)40-2)34-13-17-4-3-9-31-22(17)15-34/h5,8,10-12,14,17-18,22,31,36H,3-4,6-7,9,13,15H2,1-2H3,(H,33,38)/b32-12+. The number of halogens is 1. The van der Waals surface area contributed by atoms with Crippen molar-refractivity contribution >= 4 is 28.7 Å². The zero-order valence-electron chi connectivity index (χ0n) is 22.4. The number of hydrazone groups is 1. The monoisotopic (exact) mass is 549 g/mol. The normalized spacial score (nSPS) is 20.6. The van der Waals surface area contributed by atoms with Crippen molar-refractivity contribution in [3.05, 3.63) is 57.6 Å².